The second-order valence-electron chi connectivity index (χ2n) is 5.80. The number of hydrogen-bond acceptors (Lipinski definition) is 2. The topological polar surface area (TPSA) is 29.3 Å². The highest BCUT2D eigenvalue weighted by molar-refractivity contribution is 5.05. The summed E-state index contributed by atoms with van der Waals surface area (Å²) in [6.45, 7) is 9.12. The van der Waals surface area contributed by atoms with Crippen molar-refractivity contribution in [3.63, 3.8) is 0 Å². The summed E-state index contributed by atoms with van der Waals surface area (Å²) in [6.07, 6.45) is 5.52. The third-order valence-electron chi connectivity index (χ3n) is 2.50. The van der Waals surface area contributed by atoms with Crippen LogP contribution in [-0.4, -0.2) is 31.1 Å². The summed E-state index contributed by atoms with van der Waals surface area (Å²) in [5.74, 6) is 0.664. The molecule has 0 saturated heterocycles. The molecule has 2 atom stereocenters. The molecule has 1 rings (SSSR count). The number of hydrogen-bond donors (Lipinski definition) is 1. The summed E-state index contributed by atoms with van der Waals surface area (Å²) in [5, 5.41) is 0. The van der Waals surface area contributed by atoms with Gasteiger partial charge in [-0.1, -0.05) is 32.9 Å². The molecule has 0 radical (unpaired) electrons. The van der Waals surface area contributed by atoms with Gasteiger partial charge in [-0.15, -0.1) is 0 Å². The van der Waals surface area contributed by atoms with Crippen LogP contribution in [0, 0.1) is 11.3 Å². The van der Waals surface area contributed by atoms with Crippen molar-refractivity contribution in [3.8, 4) is 0 Å². The van der Waals surface area contributed by atoms with E-state index in [9.17, 15) is 0 Å². The lowest BCUT2D eigenvalue weighted by molar-refractivity contribution is 0.209. The Hall–Kier alpha value is -0.340. The average molecular weight is 196 g/mol. The summed E-state index contributed by atoms with van der Waals surface area (Å²) in [5.41, 5.74) is 6.21. The van der Waals surface area contributed by atoms with Crippen molar-refractivity contribution in [1.82, 2.24) is 4.90 Å². The first-order valence-corrected chi connectivity index (χ1v) is 5.49. The molecule has 1 aliphatic carbocycles. The molecule has 0 amide bonds. The molecule has 0 aromatic carbocycles. The SMILES string of the molecule is CN(CC1C=CC(N)C1)CC(C)(C)C. The Morgan fingerprint density at radius 2 is 2.00 bits per heavy atom. The first-order chi connectivity index (χ1) is 6.37. The Kier molecular flexibility index (Phi) is 3.73. The maximum Gasteiger partial charge on any atom is 0.0229 e. The second-order valence-corrected chi connectivity index (χ2v) is 5.80. The van der Waals surface area contributed by atoms with Crippen molar-refractivity contribution in [3.05, 3.63) is 12.2 Å². The molecule has 0 aromatic rings. The van der Waals surface area contributed by atoms with E-state index in [2.05, 4.69) is 44.9 Å². The van der Waals surface area contributed by atoms with Gasteiger partial charge in [-0.25, -0.2) is 0 Å². The van der Waals surface area contributed by atoms with Crippen LogP contribution < -0.4 is 5.73 Å². The smallest absolute Gasteiger partial charge is 0.0229 e. The second kappa shape index (κ2) is 4.45. The van der Waals surface area contributed by atoms with Crippen LogP contribution in [0.4, 0.5) is 0 Å². The molecule has 0 heterocycles. The van der Waals surface area contributed by atoms with Gasteiger partial charge in [0.25, 0.3) is 0 Å². The normalized spacial score (nSPS) is 27.6. The van der Waals surface area contributed by atoms with Crippen LogP contribution in [0.5, 0.6) is 0 Å². The van der Waals surface area contributed by atoms with Crippen molar-refractivity contribution >= 4 is 0 Å². The minimum absolute atomic E-state index is 0.294. The van der Waals surface area contributed by atoms with Gasteiger partial charge in [0, 0.05) is 19.1 Å². The fraction of sp³-hybridized carbons (Fsp3) is 0.833. The van der Waals surface area contributed by atoms with Crippen LogP contribution in [0.1, 0.15) is 27.2 Å². The molecule has 14 heavy (non-hydrogen) atoms. The number of nitrogens with zero attached hydrogens (tertiary/aromatic N) is 1. The molecular formula is C12H24N2. The standard InChI is InChI=1S/C12H24N2/c1-12(2,3)9-14(4)8-10-5-6-11(13)7-10/h5-6,10-11H,7-9,13H2,1-4H3. The molecule has 0 aromatic heterocycles. The van der Waals surface area contributed by atoms with E-state index in [-0.39, 0.29) is 0 Å². The molecule has 0 bridgehead atoms. The first kappa shape index (κ1) is 11.7. The van der Waals surface area contributed by atoms with E-state index in [0.717, 1.165) is 19.5 Å². The molecular weight excluding hydrogens is 172 g/mol. The average Bonchev–Trinajstić information content (AvgIpc) is 2.30. The zero-order valence-corrected chi connectivity index (χ0v) is 9.96. The summed E-state index contributed by atoms with van der Waals surface area (Å²) in [7, 11) is 2.20. The molecule has 0 aliphatic heterocycles. The van der Waals surface area contributed by atoms with E-state index < -0.39 is 0 Å². The molecule has 82 valence electrons. The summed E-state index contributed by atoms with van der Waals surface area (Å²) in [4.78, 5) is 2.41. The highest BCUT2D eigenvalue weighted by atomic mass is 15.1. The lowest BCUT2D eigenvalue weighted by Gasteiger charge is -2.28. The van der Waals surface area contributed by atoms with Crippen LogP contribution in [-0.2, 0) is 0 Å². The van der Waals surface area contributed by atoms with E-state index in [1.54, 1.807) is 0 Å². The molecule has 2 N–H and O–H groups in total. The Balaban J connectivity index is 2.28. The van der Waals surface area contributed by atoms with Gasteiger partial charge in [0.05, 0.1) is 0 Å². The molecule has 1 aliphatic rings. The molecule has 0 saturated carbocycles. The fourth-order valence-corrected chi connectivity index (χ4v) is 2.22. The lowest BCUT2D eigenvalue weighted by atomic mass is 9.95. The third kappa shape index (κ3) is 4.25. The van der Waals surface area contributed by atoms with E-state index in [4.69, 9.17) is 5.73 Å². The zero-order chi connectivity index (χ0) is 10.8. The van der Waals surface area contributed by atoms with Crippen LogP contribution in [0.25, 0.3) is 0 Å². The molecule has 2 unspecified atom stereocenters. The largest absolute Gasteiger partial charge is 0.324 e. The number of rotatable bonds is 3. The van der Waals surface area contributed by atoms with Crippen molar-refractivity contribution in [2.24, 2.45) is 17.1 Å². The predicted molar refractivity (Wildman–Crippen MR) is 62.2 cm³/mol. The Morgan fingerprint density at radius 3 is 2.43 bits per heavy atom. The monoisotopic (exact) mass is 196 g/mol. The first-order valence-electron chi connectivity index (χ1n) is 5.49. The van der Waals surface area contributed by atoms with Gasteiger partial charge in [0.1, 0.15) is 0 Å². The van der Waals surface area contributed by atoms with Crippen molar-refractivity contribution in [1.29, 1.82) is 0 Å². The third-order valence-corrected chi connectivity index (χ3v) is 2.50. The van der Waals surface area contributed by atoms with Gasteiger partial charge in [-0.3, -0.25) is 0 Å². The predicted octanol–water partition coefficient (Wildman–Crippen LogP) is 1.87. The van der Waals surface area contributed by atoms with Crippen LogP contribution in [0.15, 0.2) is 12.2 Å². The minimum atomic E-state index is 0.294. The van der Waals surface area contributed by atoms with E-state index in [1.165, 1.54) is 0 Å². The number of nitrogens with two attached hydrogens (primary N) is 1. The quantitative estimate of drug-likeness (QED) is 0.698. The van der Waals surface area contributed by atoms with Crippen LogP contribution in [0.2, 0.25) is 0 Å². The van der Waals surface area contributed by atoms with Crippen molar-refractivity contribution < 1.29 is 0 Å². The molecule has 0 spiro atoms. The highest BCUT2D eigenvalue weighted by Gasteiger charge is 2.19. The Bertz CT molecular complexity index is 203. The van der Waals surface area contributed by atoms with Crippen molar-refractivity contribution in [2.45, 2.75) is 33.2 Å². The van der Waals surface area contributed by atoms with Gasteiger partial charge in [-0.2, -0.15) is 0 Å². The van der Waals surface area contributed by atoms with Crippen LogP contribution >= 0.6 is 0 Å². The van der Waals surface area contributed by atoms with Gasteiger partial charge >= 0.3 is 0 Å². The van der Waals surface area contributed by atoms with Gasteiger partial charge in [0.2, 0.25) is 0 Å². The van der Waals surface area contributed by atoms with E-state index in [1.807, 2.05) is 0 Å². The Labute approximate surface area is 88.2 Å². The van der Waals surface area contributed by atoms with Crippen molar-refractivity contribution in [2.75, 3.05) is 20.1 Å². The maximum atomic E-state index is 5.82. The summed E-state index contributed by atoms with van der Waals surface area (Å²) in [6, 6.07) is 0.294. The minimum Gasteiger partial charge on any atom is -0.324 e. The Morgan fingerprint density at radius 1 is 1.36 bits per heavy atom. The van der Waals surface area contributed by atoms with E-state index >= 15 is 0 Å². The molecule has 2 nitrogen and oxygen atoms in total. The summed E-state index contributed by atoms with van der Waals surface area (Å²) >= 11 is 0. The maximum absolute atomic E-state index is 5.82. The zero-order valence-electron chi connectivity index (χ0n) is 9.96. The lowest BCUT2D eigenvalue weighted by Crippen LogP contribution is -2.33. The van der Waals surface area contributed by atoms with E-state index in [0.29, 0.717) is 17.4 Å². The summed E-state index contributed by atoms with van der Waals surface area (Å²) < 4.78 is 0. The van der Waals surface area contributed by atoms with Gasteiger partial charge < -0.3 is 10.6 Å². The highest BCUT2D eigenvalue weighted by Crippen LogP contribution is 2.20. The van der Waals surface area contributed by atoms with Gasteiger partial charge in [-0.05, 0) is 24.8 Å². The van der Waals surface area contributed by atoms with Gasteiger partial charge in [0.15, 0.2) is 0 Å². The van der Waals surface area contributed by atoms with Crippen LogP contribution in [0.3, 0.4) is 0 Å². The molecule has 0 fully saturated rings. The molecule has 2 heteroatoms. The fourth-order valence-electron chi connectivity index (χ4n) is 2.22.